The van der Waals surface area contributed by atoms with Gasteiger partial charge in [-0.25, -0.2) is 4.39 Å². The first-order chi connectivity index (χ1) is 7.03. The summed E-state index contributed by atoms with van der Waals surface area (Å²) in [5.41, 5.74) is 0.846. The van der Waals surface area contributed by atoms with Gasteiger partial charge in [0.2, 0.25) is 0 Å². The van der Waals surface area contributed by atoms with Crippen molar-refractivity contribution in [3.05, 3.63) is 35.6 Å². The Kier molecular flexibility index (Phi) is 4.40. The summed E-state index contributed by atoms with van der Waals surface area (Å²) in [7, 11) is 0.273. The van der Waals surface area contributed by atoms with E-state index in [1.807, 2.05) is 0 Å². The van der Waals surface area contributed by atoms with Crippen LogP contribution in [0, 0.1) is 5.82 Å². The van der Waals surface area contributed by atoms with Crippen LogP contribution in [-0.2, 0) is 10.8 Å². The molecular formula is C10H15FO3Si. The van der Waals surface area contributed by atoms with Crippen LogP contribution in [-0.4, -0.2) is 26.7 Å². The number of aliphatic hydroxyl groups is 2. The minimum absolute atomic E-state index is 0.132. The summed E-state index contributed by atoms with van der Waals surface area (Å²) >= 11 is 0. The van der Waals surface area contributed by atoms with Crippen LogP contribution in [0.2, 0.25) is 0 Å². The molecule has 2 N–H and O–H groups in total. The van der Waals surface area contributed by atoms with E-state index in [0.717, 1.165) is 5.56 Å². The Labute approximate surface area is 91.1 Å². The molecule has 0 aromatic heterocycles. The molecule has 5 heteroatoms. The van der Waals surface area contributed by atoms with E-state index in [4.69, 9.17) is 10.2 Å². The molecule has 0 heterocycles. The van der Waals surface area contributed by atoms with Crippen LogP contribution in [0.1, 0.15) is 18.4 Å². The fourth-order valence-corrected chi connectivity index (χ4v) is 1.52. The molecule has 0 bridgehead atoms. The van der Waals surface area contributed by atoms with Crippen molar-refractivity contribution < 1.29 is 19.0 Å². The van der Waals surface area contributed by atoms with Crippen molar-refractivity contribution in [1.29, 1.82) is 0 Å². The largest absolute Gasteiger partial charge is 0.381 e. The zero-order valence-corrected chi connectivity index (χ0v) is 10.6. The minimum Gasteiger partial charge on any atom is -0.381 e. The predicted octanol–water partition coefficient (Wildman–Crippen LogP) is 0.0838. The summed E-state index contributed by atoms with van der Waals surface area (Å²) in [4.78, 5) is 0. The maximum absolute atomic E-state index is 12.8. The van der Waals surface area contributed by atoms with E-state index in [9.17, 15) is 4.39 Å². The lowest BCUT2D eigenvalue weighted by Gasteiger charge is -2.19. The van der Waals surface area contributed by atoms with E-state index in [-0.39, 0.29) is 22.7 Å². The van der Waals surface area contributed by atoms with Crippen molar-refractivity contribution in [2.75, 3.05) is 0 Å². The van der Waals surface area contributed by atoms with E-state index in [2.05, 4.69) is 4.43 Å². The molecule has 0 unspecified atom stereocenters. The van der Waals surface area contributed by atoms with E-state index in [1.54, 1.807) is 12.1 Å². The van der Waals surface area contributed by atoms with Crippen molar-refractivity contribution in [3.63, 3.8) is 0 Å². The van der Waals surface area contributed by atoms with Gasteiger partial charge in [-0.3, -0.25) is 0 Å². The SMILES string of the molecule is OC(O)(CCCc1cccc(F)c1)O[SiH3]. The molecule has 0 saturated carbocycles. The van der Waals surface area contributed by atoms with E-state index >= 15 is 0 Å². The van der Waals surface area contributed by atoms with Gasteiger partial charge in [0, 0.05) is 6.42 Å². The van der Waals surface area contributed by atoms with Crippen molar-refractivity contribution in [3.8, 4) is 0 Å². The van der Waals surface area contributed by atoms with E-state index < -0.39 is 5.97 Å². The molecule has 0 spiro atoms. The highest BCUT2D eigenvalue weighted by Crippen LogP contribution is 2.13. The number of rotatable bonds is 5. The Morgan fingerprint density at radius 3 is 2.73 bits per heavy atom. The van der Waals surface area contributed by atoms with Gasteiger partial charge in [0.05, 0.1) is 0 Å². The number of hydrogen-bond acceptors (Lipinski definition) is 3. The molecule has 0 saturated heterocycles. The number of aryl methyl sites for hydroxylation is 1. The van der Waals surface area contributed by atoms with Crippen molar-refractivity contribution >= 4 is 10.5 Å². The predicted molar refractivity (Wildman–Crippen MR) is 57.5 cm³/mol. The molecule has 0 aliphatic heterocycles. The van der Waals surface area contributed by atoms with Gasteiger partial charge in [-0.1, -0.05) is 12.1 Å². The third-order valence-electron chi connectivity index (χ3n) is 2.18. The first kappa shape index (κ1) is 12.3. The monoisotopic (exact) mass is 230 g/mol. The highest BCUT2D eigenvalue weighted by atomic mass is 28.2. The minimum atomic E-state index is -2.01. The lowest BCUT2D eigenvalue weighted by atomic mass is 10.1. The zero-order valence-electron chi connectivity index (χ0n) is 8.61. The van der Waals surface area contributed by atoms with Gasteiger partial charge < -0.3 is 14.6 Å². The zero-order chi connectivity index (χ0) is 11.3. The third-order valence-corrected chi connectivity index (χ3v) is 2.84. The van der Waals surface area contributed by atoms with Crippen LogP contribution in [0.3, 0.4) is 0 Å². The average molecular weight is 230 g/mol. The van der Waals surface area contributed by atoms with Crippen molar-refractivity contribution in [1.82, 2.24) is 0 Å². The Morgan fingerprint density at radius 1 is 1.40 bits per heavy atom. The smallest absolute Gasteiger partial charge is 0.267 e. The van der Waals surface area contributed by atoms with Crippen molar-refractivity contribution in [2.24, 2.45) is 0 Å². The summed E-state index contributed by atoms with van der Waals surface area (Å²) < 4.78 is 17.4. The third kappa shape index (κ3) is 4.52. The van der Waals surface area contributed by atoms with Gasteiger partial charge in [0.15, 0.2) is 10.5 Å². The van der Waals surface area contributed by atoms with Gasteiger partial charge in [-0.15, -0.1) is 0 Å². The quantitative estimate of drug-likeness (QED) is 0.556. The molecule has 84 valence electrons. The molecule has 1 rings (SSSR count). The lowest BCUT2D eigenvalue weighted by molar-refractivity contribution is -0.295. The van der Waals surface area contributed by atoms with E-state index in [0.29, 0.717) is 12.8 Å². The van der Waals surface area contributed by atoms with Crippen LogP contribution >= 0.6 is 0 Å². The average Bonchev–Trinajstić information content (AvgIpc) is 2.18. The van der Waals surface area contributed by atoms with Crippen LogP contribution in [0.5, 0.6) is 0 Å². The topological polar surface area (TPSA) is 49.7 Å². The standard InChI is InChI=1S/C10H15FO3Si/c11-9-5-1-3-8(7-9)4-2-6-10(12,13)14-15/h1,3,5,7,12-13H,2,4,6H2,15H3. The fourth-order valence-electron chi connectivity index (χ4n) is 1.32. The molecule has 0 aliphatic rings. The fraction of sp³-hybridized carbons (Fsp3) is 0.400. The maximum atomic E-state index is 12.8. The molecule has 3 nitrogen and oxygen atoms in total. The second-order valence-corrected chi connectivity index (χ2v) is 3.84. The Bertz CT molecular complexity index is 317. The first-order valence-electron chi connectivity index (χ1n) is 4.78. The Morgan fingerprint density at radius 2 is 2.13 bits per heavy atom. The maximum Gasteiger partial charge on any atom is 0.267 e. The van der Waals surface area contributed by atoms with Gasteiger partial charge in [0.1, 0.15) is 5.82 Å². The molecule has 0 fully saturated rings. The molecule has 0 radical (unpaired) electrons. The summed E-state index contributed by atoms with van der Waals surface area (Å²) in [5.74, 6) is -2.29. The van der Waals surface area contributed by atoms with Crippen LogP contribution in [0.25, 0.3) is 0 Å². The second kappa shape index (κ2) is 5.36. The van der Waals surface area contributed by atoms with Gasteiger partial charge in [-0.05, 0) is 30.5 Å². The van der Waals surface area contributed by atoms with Gasteiger partial charge >= 0.3 is 0 Å². The summed E-state index contributed by atoms with van der Waals surface area (Å²) in [6.07, 6.45) is 1.28. The van der Waals surface area contributed by atoms with Gasteiger partial charge in [-0.2, -0.15) is 0 Å². The Hall–Kier alpha value is -0.753. The molecule has 0 atom stereocenters. The van der Waals surface area contributed by atoms with Crippen LogP contribution < -0.4 is 0 Å². The molecular weight excluding hydrogens is 215 g/mol. The van der Waals surface area contributed by atoms with E-state index in [1.165, 1.54) is 12.1 Å². The molecule has 0 aliphatic carbocycles. The highest BCUT2D eigenvalue weighted by molar-refractivity contribution is 5.98. The first-order valence-corrected chi connectivity index (χ1v) is 5.59. The summed E-state index contributed by atoms with van der Waals surface area (Å²) in [5, 5.41) is 18.3. The van der Waals surface area contributed by atoms with Gasteiger partial charge in [0.25, 0.3) is 5.97 Å². The van der Waals surface area contributed by atoms with Crippen LogP contribution in [0.4, 0.5) is 4.39 Å². The molecule has 0 amide bonds. The van der Waals surface area contributed by atoms with Crippen LogP contribution in [0.15, 0.2) is 24.3 Å². The number of benzene rings is 1. The highest BCUT2D eigenvalue weighted by Gasteiger charge is 2.20. The summed E-state index contributed by atoms with van der Waals surface area (Å²) in [6, 6.07) is 6.27. The normalized spacial score (nSPS) is 11.9. The molecule has 1 aromatic carbocycles. The van der Waals surface area contributed by atoms with Crippen molar-refractivity contribution in [2.45, 2.75) is 25.2 Å². The Balaban J connectivity index is 2.38. The lowest BCUT2D eigenvalue weighted by Crippen LogP contribution is -2.30. The summed E-state index contributed by atoms with van der Waals surface area (Å²) in [6.45, 7) is 0. The number of halogens is 1. The molecule has 1 aromatic rings. The second-order valence-electron chi connectivity index (χ2n) is 3.43. The number of hydrogen-bond donors (Lipinski definition) is 2. The molecule has 15 heavy (non-hydrogen) atoms.